The molecule has 3 aromatic rings. The summed E-state index contributed by atoms with van der Waals surface area (Å²) >= 11 is 26.7. The van der Waals surface area contributed by atoms with Crippen LogP contribution in [0.15, 0.2) is 29.2 Å². The second-order valence-electron chi connectivity index (χ2n) is 11.4. The molecule has 0 radical (unpaired) electrons. The van der Waals surface area contributed by atoms with Crippen LogP contribution in [-0.2, 0) is 27.2 Å². The summed E-state index contributed by atoms with van der Waals surface area (Å²) in [6.07, 6.45) is -0.0942. The molecular formula is C31H29Cl4N3O8S2. The number of nitrogens with zero attached hydrogens (tertiary/aromatic N) is 1. The van der Waals surface area contributed by atoms with Crippen LogP contribution in [0, 0.1) is 0 Å². The molecule has 1 atom stereocenters. The molecule has 48 heavy (non-hydrogen) atoms. The van der Waals surface area contributed by atoms with E-state index >= 15 is 0 Å². The first kappa shape index (κ1) is 37.6. The number of thiophene rings is 1. The lowest BCUT2D eigenvalue weighted by Crippen LogP contribution is -2.39. The number of amides is 3. The summed E-state index contributed by atoms with van der Waals surface area (Å²) in [7, 11) is 1.25. The van der Waals surface area contributed by atoms with E-state index in [1.165, 1.54) is 30.2 Å². The third-order valence-corrected chi connectivity index (χ3v) is 10.8. The van der Waals surface area contributed by atoms with Gasteiger partial charge in [0.05, 0.1) is 55.7 Å². The molecule has 0 aliphatic carbocycles. The van der Waals surface area contributed by atoms with Crippen molar-refractivity contribution in [3.05, 3.63) is 71.5 Å². The van der Waals surface area contributed by atoms with Gasteiger partial charge < -0.3 is 30.1 Å². The number of rotatable bonds is 8. The average molecular weight is 778 g/mol. The molecule has 3 amide bonds. The van der Waals surface area contributed by atoms with Crippen molar-refractivity contribution in [3.63, 3.8) is 0 Å². The molecule has 0 saturated heterocycles. The molecule has 1 aromatic heterocycles. The van der Waals surface area contributed by atoms with Crippen molar-refractivity contribution in [1.82, 2.24) is 4.90 Å². The summed E-state index contributed by atoms with van der Waals surface area (Å²) < 4.78 is 10.5. The van der Waals surface area contributed by atoms with Gasteiger partial charge in [0.25, 0.3) is 5.91 Å². The summed E-state index contributed by atoms with van der Waals surface area (Å²) in [5.74, 6) is -3.44. The Hall–Kier alpha value is -3.20. The standard InChI is InChI=1S/C31H29Cl4N3O8S2/c1-13(25(39)37-27-18(29(43)45-5)16-9-10-38(12-17(16)48-27)30(44)46-31(2,3)4)47-15-8-6-7-14(11-15)36-26(40)19-20(28(41)42)22(33)24(35)23(34)21(19)32/h6-8,11,13H,9-10,12H2,1-5H3,(H,36,40)(H,37,39)(H,41,42). The molecule has 0 fully saturated rings. The van der Waals surface area contributed by atoms with Gasteiger partial charge in [-0.25, -0.2) is 14.4 Å². The van der Waals surface area contributed by atoms with Gasteiger partial charge >= 0.3 is 18.0 Å². The number of anilines is 2. The molecule has 3 N–H and O–H groups in total. The first-order valence-electron chi connectivity index (χ1n) is 14.1. The van der Waals surface area contributed by atoms with Crippen molar-refractivity contribution in [2.45, 2.75) is 56.4 Å². The maximum absolute atomic E-state index is 13.4. The molecular weight excluding hydrogens is 748 g/mol. The highest BCUT2D eigenvalue weighted by molar-refractivity contribution is 8.00. The number of carbonyl (C=O) groups excluding carboxylic acids is 4. The molecule has 256 valence electrons. The van der Waals surface area contributed by atoms with Crippen LogP contribution >= 0.6 is 69.5 Å². The highest BCUT2D eigenvalue weighted by atomic mass is 35.5. The Morgan fingerprint density at radius 2 is 1.62 bits per heavy atom. The minimum Gasteiger partial charge on any atom is -0.478 e. The highest BCUT2D eigenvalue weighted by Gasteiger charge is 2.33. The van der Waals surface area contributed by atoms with Gasteiger partial charge in [-0.2, -0.15) is 0 Å². The van der Waals surface area contributed by atoms with Crippen molar-refractivity contribution in [2.24, 2.45) is 0 Å². The van der Waals surface area contributed by atoms with E-state index in [1.54, 1.807) is 56.9 Å². The summed E-state index contributed by atoms with van der Waals surface area (Å²) in [6.45, 7) is 7.54. The minimum absolute atomic E-state index is 0.213. The molecule has 1 unspecified atom stereocenters. The maximum Gasteiger partial charge on any atom is 0.410 e. The van der Waals surface area contributed by atoms with Gasteiger partial charge in [0.1, 0.15) is 10.6 Å². The van der Waals surface area contributed by atoms with Gasteiger partial charge in [0.15, 0.2) is 0 Å². The molecule has 2 heterocycles. The Balaban J connectivity index is 1.50. The number of hydrogen-bond acceptors (Lipinski definition) is 9. The zero-order valence-corrected chi connectivity index (χ0v) is 30.7. The molecule has 2 aromatic carbocycles. The van der Waals surface area contributed by atoms with Crippen molar-refractivity contribution in [1.29, 1.82) is 0 Å². The fourth-order valence-electron chi connectivity index (χ4n) is 4.65. The number of halogens is 4. The average Bonchev–Trinajstić information content (AvgIpc) is 3.37. The van der Waals surface area contributed by atoms with Gasteiger partial charge in [-0.3, -0.25) is 9.59 Å². The van der Waals surface area contributed by atoms with E-state index in [0.717, 1.165) is 4.88 Å². The van der Waals surface area contributed by atoms with Crippen molar-refractivity contribution in [2.75, 3.05) is 24.3 Å². The van der Waals surface area contributed by atoms with Crippen molar-refractivity contribution in [3.8, 4) is 0 Å². The SMILES string of the molecule is COC(=O)c1c(NC(=O)C(C)Sc2cccc(NC(=O)c3c(Cl)c(Cl)c(Cl)c(Cl)c3C(=O)O)c2)sc2c1CCN(C(=O)OC(C)(C)C)C2. The van der Waals surface area contributed by atoms with E-state index in [9.17, 15) is 29.1 Å². The van der Waals surface area contributed by atoms with Gasteiger partial charge in [-0.05, 0) is 57.9 Å². The first-order chi connectivity index (χ1) is 22.4. The third-order valence-electron chi connectivity index (χ3n) is 6.82. The molecule has 17 heteroatoms. The number of ether oxygens (including phenoxy) is 2. The van der Waals surface area contributed by atoms with Crippen molar-refractivity contribution >= 4 is 110 Å². The number of carboxylic acid groups (broad SMARTS) is 1. The lowest BCUT2D eigenvalue weighted by molar-refractivity contribution is -0.115. The summed E-state index contributed by atoms with van der Waals surface area (Å²) in [4.78, 5) is 66.8. The van der Waals surface area contributed by atoms with E-state index in [0.29, 0.717) is 28.4 Å². The summed E-state index contributed by atoms with van der Waals surface area (Å²) in [6, 6.07) is 6.47. The zero-order valence-electron chi connectivity index (χ0n) is 26.1. The van der Waals surface area contributed by atoms with Gasteiger partial charge in [0.2, 0.25) is 5.91 Å². The van der Waals surface area contributed by atoms with Gasteiger partial charge in [-0.1, -0.05) is 52.5 Å². The number of aromatic carboxylic acids is 1. The number of methoxy groups -OCH3 is 1. The van der Waals surface area contributed by atoms with E-state index in [1.807, 2.05) is 0 Å². The molecule has 0 bridgehead atoms. The Kier molecular flexibility index (Phi) is 11.9. The van der Waals surface area contributed by atoms with E-state index in [-0.39, 0.29) is 32.9 Å². The monoisotopic (exact) mass is 775 g/mol. The van der Waals surface area contributed by atoms with Crippen LogP contribution in [0.1, 0.15) is 69.2 Å². The number of esters is 1. The van der Waals surface area contributed by atoms with Crippen LogP contribution in [0.25, 0.3) is 0 Å². The smallest absolute Gasteiger partial charge is 0.410 e. The number of benzene rings is 2. The number of thioether (sulfide) groups is 1. The quantitative estimate of drug-likeness (QED) is 0.0885. The number of carbonyl (C=O) groups is 5. The first-order valence-corrected chi connectivity index (χ1v) is 17.3. The fraction of sp³-hybridized carbons (Fsp3) is 0.323. The normalized spacial score (nSPS) is 13.3. The van der Waals surface area contributed by atoms with Crippen LogP contribution in [0.3, 0.4) is 0 Å². The number of hydrogen-bond donors (Lipinski definition) is 3. The Morgan fingerprint density at radius 1 is 0.979 bits per heavy atom. The van der Waals surface area contributed by atoms with Crippen LogP contribution in [-0.4, -0.2) is 64.4 Å². The maximum atomic E-state index is 13.4. The van der Waals surface area contributed by atoms with Crippen LogP contribution < -0.4 is 10.6 Å². The third kappa shape index (κ3) is 8.32. The largest absolute Gasteiger partial charge is 0.478 e. The number of nitrogens with one attached hydrogen (secondary N) is 2. The second-order valence-corrected chi connectivity index (χ2v) is 15.4. The Bertz CT molecular complexity index is 1830. The molecule has 0 spiro atoms. The second kappa shape index (κ2) is 15.1. The van der Waals surface area contributed by atoms with E-state index in [4.69, 9.17) is 55.9 Å². The summed E-state index contributed by atoms with van der Waals surface area (Å²) in [5.41, 5.74) is -0.523. The fourth-order valence-corrected chi connectivity index (χ4v) is 7.85. The number of fused-ring (bicyclic) bond motifs is 1. The predicted molar refractivity (Wildman–Crippen MR) is 188 cm³/mol. The number of carboxylic acids is 1. The van der Waals surface area contributed by atoms with E-state index in [2.05, 4.69) is 10.6 Å². The lowest BCUT2D eigenvalue weighted by Gasteiger charge is -2.30. The highest BCUT2D eigenvalue weighted by Crippen LogP contribution is 2.42. The van der Waals surface area contributed by atoms with Crippen LogP contribution in [0.2, 0.25) is 20.1 Å². The molecule has 1 aliphatic rings. The van der Waals surface area contributed by atoms with Crippen LogP contribution in [0.4, 0.5) is 15.5 Å². The molecule has 0 saturated carbocycles. The predicted octanol–water partition coefficient (Wildman–Crippen LogP) is 8.51. The Labute approximate surface area is 304 Å². The van der Waals surface area contributed by atoms with Crippen LogP contribution in [0.5, 0.6) is 0 Å². The molecule has 1 aliphatic heterocycles. The minimum atomic E-state index is -1.53. The Morgan fingerprint density at radius 3 is 2.23 bits per heavy atom. The van der Waals surface area contributed by atoms with E-state index < -0.39 is 56.8 Å². The lowest BCUT2D eigenvalue weighted by atomic mass is 10.0. The zero-order chi connectivity index (χ0) is 35.7. The van der Waals surface area contributed by atoms with Gasteiger partial charge in [0, 0.05) is 22.0 Å². The molecule has 11 nitrogen and oxygen atoms in total. The van der Waals surface area contributed by atoms with Crippen molar-refractivity contribution < 1.29 is 38.6 Å². The summed E-state index contributed by atoms with van der Waals surface area (Å²) in [5, 5.41) is 13.3. The van der Waals surface area contributed by atoms with Gasteiger partial charge in [-0.15, -0.1) is 23.1 Å². The molecule has 4 rings (SSSR count). The topological polar surface area (TPSA) is 151 Å².